The van der Waals surface area contributed by atoms with Gasteiger partial charge in [-0.25, -0.2) is 0 Å². The third-order valence-corrected chi connectivity index (χ3v) is 1.30. The normalized spacial score (nSPS) is 18.2. The fraction of sp³-hybridized carbons (Fsp3) is 0.286. The van der Waals surface area contributed by atoms with Crippen LogP contribution in [0, 0.1) is 0 Å². The van der Waals surface area contributed by atoms with Crippen LogP contribution >= 0.6 is 0 Å². The van der Waals surface area contributed by atoms with E-state index < -0.39 is 0 Å². The van der Waals surface area contributed by atoms with Crippen LogP contribution in [-0.2, 0) is 4.79 Å². The molecular weight excluding hydrogens is 114 g/mol. The van der Waals surface area contributed by atoms with Crippen molar-refractivity contribution in [2.45, 2.75) is 6.42 Å². The first-order chi connectivity index (χ1) is 4.34. The highest BCUT2D eigenvalue weighted by atomic mass is 16.2. The molecule has 1 heterocycles. The molecule has 0 radical (unpaired) electrons. The van der Waals surface area contributed by atoms with Gasteiger partial charge in [0.05, 0.1) is 0 Å². The Kier molecular flexibility index (Phi) is 1.68. The molecule has 2 heteroatoms. The van der Waals surface area contributed by atoms with E-state index in [-0.39, 0.29) is 5.91 Å². The standard InChI is InChI=1S/C7H9NO/c1-2-8-6-4-3-5-7(8)9/h2-3,5H,1,4,6H2. The Labute approximate surface area is 54.5 Å². The number of amides is 1. The third kappa shape index (κ3) is 1.19. The minimum absolute atomic E-state index is 0.0382. The van der Waals surface area contributed by atoms with Crippen LogP contribution in [0.4, 0.5) is 0 Å². The van der Waals surface area contributed by atoms with Crippen molar-refractivity contribution in [2.75, 3.05) is 6.54 Å². The van der Waals surface area contributed by atoms with E-state index in [4.69, 9.17) is 0 Å². The molecule has 9 heavy (non-hydrogen) atoms. The molecule has 0 aromatic heterocycles. The first-order valence-corrected chi connectivity index (χ1v) is 2.94. The Morgan fingerprint density at radius 1 is 1.78 bits per heavy atom. The second kappa shape index (κ2) is 2.49. The highest BCUT2D eigenvalue weighted by molar-refractivity contribution is 5.89. The second-order valence-corrected chi connectivity index (χ2v) is 1.91. The van der Waals surface area contributed by atoms with Gasteiger partial charge in [0.1, 0.15) is 0 Å². The van der Waals surface area contributed by atoms with E-state index in [1.807, 2.05) is 6.08 Å². The predicted octanol–water partition coefficient (Wildman–Crippen LogP) is 0.918. The maximum Gasteiger partial charge on any atom is 0.250 e. The fourth-order valence-corrected chi connectivity index (χ4v) is 0.785. The molecule has 0 aliphatic carbocycles. The summed E-state index contributed by atoms with van der Waals surface area (Å²) in [6.07, 6.45) is 5.96. The molecule has 0 atom stereocenters. The van der Waals surface area contributed by atoms with Crippen LogP contribution in [0.15, 0.2) is 24.9 Å². The Bertz CT molecular complexity index is 160. The number of hydrogen-bond donors (Lipinski definition) is 0. The number of carbonyl (C=O) groups excluding carboxylic acids is 1. The van der Waals surface area contributed by atoms with Gasteiger partial charge in [0.15, 0.2) is 0 Å². The summed E-state index contributed by atoms with van der Waals surface area (Å²) in [5, 5.41) is 0. The van der Waals surface area contributed by atoms with Crippen molar-refractivity contribution in [3.05, 3.63) is 24.9 Å². The number of hydrogen-bond acceptors (Lipinski definition) is 1. The van der Waals surface area contributed by atoms with Crippen LogP contribution in [0.1, 0.15) is 6.42 Å². The van der Waals surface area contributed by atoms with E-state index in [0.717, 1.165) is 13.0 Å². The lowest BCUT2D eigenvalue weighted by Crippen LogP contribution is -2.26. The van der Waals surface area contributed by atoms with E-state index in [2.05, 4.69) is 6.58 Å². The van der Waals surface area contributed by atoms with Crippen LogP contribution < -0.4 is 0 Å². The van der Waals surface area contributed by atoms with Gasteiger partial charge in [-0.1, -0.05) is 12.7 Å². The van der Waals surface area contributed by atoms with E-state index in [1.54, 1.807) is 17.2 Å². The highest BCUT2D eigenvalue weighted by Gasteiger charge is 2.08. The maximum atomic E-state index is 10.8. The van der Waals surface area contributed by atoms with Gasteiger partial charge in [-0.2, -0.15) is 0 Å². The van der Waals surface area contributed by atoms with Gasteiger partial charge in [0, 0.05) is 6.54 Å². The first-order valence-electron chi connectivity index (χ1n) is 2.94. The minimum Gasteiger partial charge on any atom is -0.316 e. The molecule has 0 spiro atoms. The van der Waals surface area contributed by atoms with E-state index in [1.165, 1.54) is 0 Å². The van der Waals surface area contributed by atoms with Crippen molar-refractivity contribution in [2.24, 2.45) is 0 Å². The molecule has 0 unspecified atom stereocenters. The molecule has 0 bridgehead atoms. The van der Waals surface area contributed by atoms with Crippen LogP contribution in [0.5, 0.6) is 0 Å². The molecule has 0 fully saturated rings. The zero-order valence-electron chi connectivity index (χ0n) is 5.21. The van der Waals surface area contributed by atoms with Gasteiger partial charge in [0.2, 0.25) is 5.91 Å². The molecular formula is C7H9NO. The smallest absolute Gasteiger partial charge is 0.250 e. The Morgan fingerprint density at radius 3 is 3.00 bits per heavy atom. The lowest BCUT2D eigenvalue weighted by atomic mass is 10.2. The molecule has 48 valence electrons. The quantitative estimate of drug-likeness (QED) is 0.507. The zero-order chi connectivity index (χ0) is 6.69. The summed E-state index contributed by atoms with van der Waals surface area (Å²) in [6, 6.07) is 0. The Morgan fingerprint density at radius 2 is 2.56 bits per heavy atom. The van der Waals surface area contributed by atoms with Gasteiger partial charge < -0.3 is 4.90 Å². The average Bonchev–Trinajstić information content (AvgIpc) is 1.89. The summed E-state index contributed by atoms with van der Waals surface area (Å²) in [4.78, 5) is 12.4. The zero-order valence-corrected chi connectivity index (χ0v) is 5.21. The first kappa shape index (κ1) is 6.08. The summed E-state index contributed by atoms with van der Waals surface area (Å²) in [7, 11) is 0. The van der Waals surface area contributed by atoms with Crippen molar-refractivity contribution in [3.63, 3.8) is 0 Å². The van der Waals surface area contributed by atoms with Crippen molar-refractivity contribution in [1.82, 2.24) is 4.90 Å². The Hall–Kier alpha value is -1.05. The summed E-state index contributed by atoms with van der Waals surface area (Å²) in [5.74, 6) is 0.0382. The highest BCUT2D eigenvalue weighted by Crippen LogP contribution is 2.01. The largest absolute Gasteiger partial charge is 0.316 e. The molecule has 1 amide bonds. The maximum absolute atomic E-state index is 10.8. The third-order valence-electron chi connectivity index (χ3n) is 1.30. The molecule has 0 saturated carbocycles. The van der Waals surface area contributed by atoms with Crippen LogP contribution in [-0.4, -0.2) is 17.4 Å². The van der Waals surface area contributed by atoms with E-state index >= 15 is 0 Å². The second-order valence-electron chi connectivity index (χ2n) is 1.91. The van der Waals surface area contributed by atoms with Gasteiger partial charge in [-0.15, -0.1) is 0 Å². The SMILES string of the molecule is C=CN1CCC=CC1=O. The molecule has 1 rings (SSSR count). The van der Waals surface area contributed by atoms with E-state index in [0.29, 0.717) is 0 Å². The van der Waals surface area contributed by atoms with Crippen LogP contribution in [0.2, 0.25) is 0 Å². The summed E-state index contributed by atoms with van der Waals surface area (Å²) < 4.78 is 0. The summed E-state index contributed by atoms with van der Waals surface area (Å²) in [6.45, 7) is 4.28. The predicted molar refractivity (Wildman–Crippen MR) is 35.7 cm³/mol. The molecule has 0 aromatic carbocycles. The molecule has 1 aliphatic heterocycles. The van der Waals surface area contributed by atoms with Crippen molar-refractivity contribution in [1.29, 1.82) is 0 Å². The fourth-order valence-electron chi connectivity index (χ4n) is 0.785. The lowest BCUT2D eigenvalue weighted by molar-refractivity contribution is -0.124. The van der Waals surface area contributed by atoms with Gasteiger partial charge in [0.25, 0.3) is 0 Å². The lowest BCUT2D eigenvalue weighted by Gasteiger charge is -2.17. The average molecular weight is 123 g/mol. The van der Waals surface area contributed by atoms with Crippen molar-refractivity contribution in [3.8, 4) is 0 Å². The molecule has 2 nitrogen and oxygen atoms in total. The van der Waals surface area contributed by atoms with Gasteiger partial charge >= 0.3 is 0 Å². The number of nitrogens with zero attached hydrogens (tertiary/aromatic N) is 1. The topological polar surface area (TPSA) is 20.3 Å². The van der Waals surface area contributed by atoms with Crippen molar-refractivity contribution < 1.29 is 4.79 Å². The molecule has 1 aliphatic rings. The Balaban J connectivity index is 2.65. The van der Waals surface area contributed by atoms with Crippen LogP contribution in [0.3, 0.4) is 0 Å². The van der Waals surface area contributed by atoms with Crippen LogP contribution in [0.25, 0.3) is 0 Å². The van der Waals surface area contributed by atoms with Crippen molar-refractivity contribution >= 4 is 5.91 Å². The molecule has 0 N–H and O–H groups in total. The van der Waals surface area contributed by atoms with E-state index in [9.17, 15) is 4.79 Å². The van der Waals surface area contributed by atoms with Gasteiger partial charge in [-0.3, -0.25) is 4.79 Å². The summed E-state index contributed by atoms with van der Waals surface area (Å²) in [5.41, 5.74) is 0. The monoisotopic (exact) mass is 123 g/mol. The van der Waals surface area contributed by atoms with Gasteiger partial charge in [-0.05, 0) is 18.7 Å². The minimum atomic E-state index is 0.0382. The molecule has 0 aromatic rings. The number of carbonyl (C=O) groups is 1. The molecule has 0 saturated heterocycles. The summed E-state index contributed by atoms with van der Waals surface area (Å²) >= 11 is 0. The number of rotatable bonds is 1.